The second kappa shape index (κ2) is 8.22. The lowest BCUT2D eigenvalue weighted by Crippen LogP contribution is -2.41. The second-order valence-corrected chi connectivity index (χ2v) is 7.74. The summed E-state index contributed by atoms with van der Waals surface area (Å²) in [6.45, 7) is 4.89. The van der Waals surface area contributed by atoms with Gasteiger partial charge in [0.1, 0.15) is 11.5 Å². The molecule has 1 fully saturated rings. The van der Waals surface area contributed by atoms with E-state index >= 15 is 0 Å². The molecule has 148 valence electrons. The number of amides is 1. The van der Waals surface area contributed by atoms with E-state index in [9.17, 15) is 4.79 Å². The Morgan fingerprint density at radius 3 is 2.89 bits per heavy atom. The number of nitrogens with zero attached hydrogens (tertiary/aromatic N) is 5. The van der Waals surface area contributed by atoms with Crippen molar-refractivity contribution in [2.45, 2.75) is 45.2 Å². The number of hydrogen-bond acceptors (Lipinski definition) is 6. The molecule has 2 aromatic rings. The number of carbonyl (C=O) groups is 1. The summed E-state index contributed by atoms with van der Waals surface area (Å²) in [4.78, 5) is 30.2. The van der Waals surface area contributed by atoms with E-state index in [1.807, 2.05) is 23.1 Å². The smallest absolute Gasteiger partial charge is 0.219 e. The molecule has 4 heterocycles. The number of piperidine rings is 1. The van der Waals surface area contributed by atoms with Crippen LogP contribution in [0.15, 0.2) is 24.4 Å². The summed E-state index contributed by atoms with van der Waals surface area (Å²) in [5.74, 6) is 1.60. The first-order valence-corrected chi connectivity index (χ1v) is 10.1. The number of fused-ring (bicyclic) bond motifs is 1. The maximum atomic E-state index is 11.9. The van der Waals surface area contributed by atoms with E-state index in [0.717, 1.165) is 42.3 Å². The zero-order valence-electron chi connectivity index (χ0n) is 16.7. The molecule has 1 saturated heterocycles. The van der Waals surface area contributed by atoms with Gasteiger partial charge in [0.25, 0.3) is 0 Å². The van der Waals surface area contributed by atoms with Crippen molar-refractivity contribution < 1.29 is 4.79 Å². The summed E-state index contributed by atoms with van der Waals surface area (Å²) in [7, 11) is 2.20. The molecule has 1 amide bonds. The van der Waals surface area contributed by atoms with E-state index in [2.05, 4.69) is 22.2 Å². The van der Waals surface area contributed by atoms with E-state index in [0.29, 0.717) is 25.0 Å². The Balaban J connectivity index is 1.64. The highest BCUT2D eigenvalue weighted by Gasteiger charge is 2.25. The molecule has 0 aliphatic carbocycles. The van der Waals surface area contributed by atoms with E-state index < -0.39 is 0 Å². The molecule has 2 aromatic heterocycles. The van der Waals surface area contributed by atoms with Crippen molar-refractivity contribution >= 4 is 11.7 Å². The third-order valence-electron chi connectivity index (χ3n) is 5.83. The van der Waals surface area contributed by atoms with Crippen LogP contribution >= 0.6 is 0 Å². The van der Waals surface area contributed by atoms with Crippen molar-refractivity contribution in [2.75, 3.05) is 32.0 Å². The standard InChI is InChI=1S/C21H28N6O/c1-15(28)27-12-9-17-19(14-27)24-21(18-8-3-5-10-22-18)25-20(17)23-13-16-7-4-6-11-26(16)2/h3,5,8,10,16H,4,6-7,9,11-14H2,1-2H3,(H,23,24,25). The Hall–Kier alpha value is -2.54. The van der Waals surface area contributed by atoms with Crippen LogP contribution in [-0.2, 0) is 17.8 Å². The van der Waals surface area contributed by atoms with Gasteiger partial charge in [0.05, 0.1) is 12.2 Å². The molecular formula is C21H28N6O. The predicted molar refractivity (Wildman–Crippen MR) is 109 cm³/mol. The average molecular weight is 380 g/mol. The number of carbonyl (C=O) groups excluding carboxylic acids is 1. The molecule has 0 saturated carbocycles. The quantitative estimate of drug-likeness (QED) is 0.878. The molecule has 0 bridgehead atoms. The van der Waals surface area contributed by atoms with Crippen molar-refractivity contribution in [1.82, 2.24) is 24.8 Å². The number of likely N-dealkylation sites (N-methyl/N-ethyl adjacent to an activating group) is 1. The number of likely N-dealkylation sites (tertiary alicyclic amines) is 1. The minimum atomic E-state index is 0.0852. The first kappa shape index (κ1) is 18.8. The molecule has 1 atom stereocenters. The van der Waals surface area contributed by atoms with E-state index in [1.165, 1.54) is 19.3 Å². The maximum absolute atomic E-state index is 11.9. The average Bonchev–Trinajstić information content (AvgIpc) is 2.73. The van der Waals surface area contributed by atoms with Crippen molar-refractivity contribution in [3.63, 3.8) is 0 Å². The highest BCUT2D eigenvalue weighted by molar-refractivity contribution is 5.74. The fourth-order valence-corrected chi connectivity index (χ4v) is 4.07. The summed E-state index contributed by atoms with van der Waals surface area (Å²) < 4.78 is 0. The number of aromatic nitrogens is 3. The van der Waals surface area contributed by atoms with Crippen molar-refractivity contribution in [3.8, 4) is 11.5 Å². The lowest BCUT2D eigenvalue weighted by Gasteiger charge is -2.33. The van der Waals surface area contributed by atoms with E-state index in [1.54, 1.807) is 13.1 Å². The van der Waals surface area contributed by atoms with Crippen molar-refractivity contribution in [1.29, 1.82) is 0 Å². The van der Waals surface area contributed by atoms with Crippen LogP contribution in [0.5, 0.6) is 0 Å². The van der Waals surface area contributed by atoms with Crippen LogP contribution in [0.3, 0.4) is 0 Å². The molecule has 0 spiro atoms. The van der Waals surface area contributed by atoms with Crippen LogP contribution in [0.1, 0.15) is 37.4 Å². The molecule has 7 nitrogen and oxygen atoms in total. The van der Waals surface area contributed by atoms with Crippen LogP contribution in [0.2, 0.25) is 0 Å². The van der Waals surface area contributed by atoms with Gasteiger partial charge >= 0.3 is 0 Å². The largest absolute Gasteiger partial charge is 0.368 e. The molecule has 2 aliphatic heterocycles. The molecule has 1 N–H and O–H groups in total. The first-order valence-electron chi connectivity index (χ1n) is 10.1. The minimum absolute atomic E-state index is 0.0852. The van der Waals surface area contributed by atoms with Crippen molar-refractivity contribution in [3.05, 3.63) is 35.7 Å². The zero-order chi connectivity index (χ0) is 19.5. The normalized spacial score (nSPS) is 19.9. The van der Waals surface area contributed by atoms with Crippen LogP contribution in [-0.4, -0.2) is 63.4 Å². The summed E-state index contributed by atoms with van der Waals surface area (Å²) in [5, 5.41) is 3.60. The topological polar surface area (TPSA) is 74.2 Å². The number of anilines is 1. The second-order valence-electron chi connectivity index (χ2n) is 7.74. The van der Waals surface area contributed by atoms with Gasteiger partial charge in [-0.2, -0.15) is 0 Å². The first-order chi connectivity index (χ1) is 13.6. The van der Waals surface area contributed by atoms with Gasteiger partial charge in [0, 0.05) is 37.8 Å². The molecule has 28 heavy (non-hydrogen) atoms. The van der Waals surface area contributed by atoms with Gasteiger partial charge in [0.15, 0.2) is 5.82 Å². The molecule has 0 aromatic carbocycles. The van der Waals surface area contributed by atoms with Crippen LogP contribution < -0.4 is 5.32 Å². The van der Waals surface area contributed by atoms with Gasteiger partial charge in [-0.1, -0.05) is 12.5 Å². The molecular weight excluding hydrogens is 352 g/mol. The molecule has 4 rings (SSSR count). The predicted octanol–water partition coefficient (Wildman–Crippen LogP) is 2.34. The number of nitrogens with one attached hydrogen (secondary N) is 1. The fraction of sp³-hybridized carbons (Fsp3) is 0.524. The molecule has 0 radical (unpaired) electrons. The van der Waals surface area contributed by atoms with E-state index in [-0.39, 0.29) is 5.91 Å². The summed E-state index contributed by atoms with van der Waals surface area (Å²) in [5.41, 5.74) is 2.82. The van der Waals surface area contributed by atoms with Crippen LogP contribution in [0.25, 0.3) is 11.5 Å². The number of pyridine rings is 1. The highest BCUT2D eigenvalue weighted by Crippen LogP contribution is 2.27. The van der Waals surface area contributed by atoms with Crippen LogP contribution in [0, 0.1) is 0 Å². The van der Waals surface area contributed by atoms with Gasteiger partial charge in [-0.05, 0) is 45.0 Å². The Kier molecular flexibility index (Phi) is 5.52. The van der Waals surface area contributed by atoms with Gasteiger partial charge in [-0.25, -0.2) is 9.97 Å². The third kappa shape index (κ3) is 3.99. The molecule has 1 unspecified atom stereocenters. The summed E-state index contributed by atoms with van der Waals surface area (Å²) in [6.07, 6.45) is 6.30. The lowest BCUT2D eigenvalue weighted by atomic mass is 10.0. The summed E-state index contributed by atoms with van der Waals surface area (Å²) in [6, 6.07) is 6.27. The fourth-order valence-electron chi connectivity index (χ4n) is 4.07. The Morgan fingerprint density at radius 1 is 1.25 bits per heavy atom. The van der Waals surface area contributed by atoms with E-state index in [4.69, 9.17) is 9.97 Å². The Labute approximate surface area is 166 Å². The highest BCUT2D eigenvalue weighted by atomic mass is 16.2. The Bertz CT molecular complexity index is 840. The van der Waals surface area contributed by atoms with Crippen molar-refractivity contribution in [2.24, 2.45) is 0 Å². The summed E-state index contributed by atoms with van der Waals surface area (Å²) >= 11 is 0. The zero-order valence-corrected chi connectivity index (χ0v) is 16.7. The third-order valence-corrected chi connectivity index (χ3v) is 5.83. The lowest BCUT2D eigenvalue weighted by molar-refractivity contribution is -0.129. The van der Waals surface area contributed by atoms with Gasteiger partial charge in [-0.15, -0.1) is 0 Å². The minimum Gasteiger partial charge on any atom is -0.368 e. The molecule has 2 aliphatic rings. The number of rotatable bonds is 4. The van der Waals surface area contributed by atoms with Gasteiger partial charge in [-0.3, -0.25) is 9.78 Å². The van der Waals surface area contributed by atoms with Gasteiger partial charge < -0.3 is 15.1 Å². The SMILES string of the molecule is CC(=O)N1CCc2c(nc(-c3ccccn3)nc2NCC2CCCCN2C)C1. The monoisotopic (exact) mass is 380 g/mol. The van der Waals surface area contributed by atoms with Gasteiger partial charge in [0.2, 0.25) is 5.91 Å². The Morgan fingerprint density at radius 2 is 2.14 bits per heavy atom. The molecule has 7 heteroatoms. The van der Waals surface area contributed by atoms with Crippen LogP contribution in [0.4, 0.5) is 5.82 Å². The maximum Gasteiger partial charge on any atom is 0.219 e. The number of hydrogen-bond donors (Lipinski definition) is 1.